The highest BCUT2D eigenvalue weighted by Gasteiger charge is 2.34. The van der Waals surface area contributed by atoms with Crippen LogP contribution in [0.25, 0.3) is 0 Å². The molecule has 1 aromatic heterocycles. The van der Waals surface area contributed by atoms with Gasteiger partial charge in [0.25, 0.3) is 5.91 Å². The number of esters is 1. The maximum atomic E-state index is 14.2. The molecular weight excluding hydrogens is 413 g/mol. The highest BCUT2D eigenvalue weighted by Crippen LogP contribution is 2.44. The van der Waals surface area contributed by atoms with Gasteiger partial charge in [0.05, 0.1) is 22.8 Å². The zero-order valence-electron chi connectivity index (χ0n) is 17.0. The Bertz CT molecular complexity index is 928. The summed E-state index contributed by atoms with van der Waals surface area (Å²) in [5.41, 5.74) is 1.24. The molecule has 0 radical (unpaired) electrons. The minimum atomic E-state index is -0.707. The Morgan fingerprint density at radius 1 is 1.31 bits per heavy atom. The van der Waals surface area contributed by atoms with E-state index in [1.54, 1.807) is 6.92 Å². The Morgan fingerprint density at radius 2 is 2.03 bits per heavy atom. The van der Waals surface area contributed by atoms with Gasteiger partial charge in [-0.2, -0.15) is 0 Å². The van der Waals surface area contributed by atoms with Crippen molar-refractivity contribution in [3.05, 3.63) is 50.6 Å². The number of anilines is 1. The zero-order chi connectivity index (χ0) is 21.3. The van der Waals surface area contributed by atoms with E-state index in [0.717, 1.165) is 29.7 Å². The van der Waals surface area contributed by atoms with E-state index in [0.29, 0.717) is 16.5 Å². The lowest BCUT2D eigenvalue weighted by Gasteiger charge is -2.33. The second kappa shape index (κ2) is 8.44. The van der Waals surface area contributed by atoms with Gasteiger partial charge >= 0.3 is 5.97 Å². The third-order valence-electron chi connectivity index (χ3n) is 5.39. The quantitative estimate of drug-likeness (QED) is 0.586. The average Bonchev–Trinajstić information content (AvgIpc) is 2.97. The molecular formula is C22H25ClFNO3S. The largest absolute Gasteiger partial charge is 0.462 e. The summed E-state index contributed by atoms with van der Waals surface area (Å²) < 4.78 is 19.4. The first-order valence-electron chi connectivity index (χ1n) is 9.70. The Kier molecular flexibility index (Phi) is 6.34. The van der Waals surface area contributed by atoms with Gasteiger partial charge in [-0.3, -0.25) is 4.79 Å². The predicted molar refractivity (Wildman–Crippen MR) is 115 cm³/mol. The number of hydrogen-bond donors (Lipinski definition) is 1. The van der Waals surface area contributed by atoms with Crippen molar-refractivity contribution >= 4 is 39.8 Å². The molecule has 3 rings (SSSR count). The summed E-state index contributed by atoms with van der Waals surface area (Å²) in [5.74, 6) is -1.37. The van der Waals surface area contributed by atoms with Crippen LogP contribution in [-0.4, -0.2) is 18.5 Å². The predicted octanol–water partition coefficient (Wildman–Crippen LogP) is 6.12. The van der Waals surface area contributed by atoms with Gasteiger partial charge in [-0.25, -0.2) is 9.18 Å². The van der Waals surface area contributed by atoms with Crippen molar-refractivity contribution in [3.63, 3.8) is 0 Å². The summed E-state index contributed by atoms with van der Waals surface area (Å²) in [4.78, 5) is 26.5. The molecule has 29 heavy (non-hydrogen) atoms. The van der Waals surface area contributed by atoms with Crippen LogP contribution in [0, 0.1) is 17.2 Å². The fourth-order valence-electron chi connectivity index (χ4n) is 3.71. The minimum absolute atomic E-state index is 0.0225. The van der Waals surface area contributed by atoms with Gasteiger partial charge in [0.1, 0.15) is 10.8 Å². The van der Waals surface area contributed by atoms with E-state index in [-0.39, 0.29) is 22.6 Å². The van der Waals surface area contributed by atoms with Crippen LogP contribution in [-0.2, 0) is 17.6 Å². The van der Waals surface area contributed by atoms with E-state index >= 15 is 0 Å². The van der Waals surface area contributed by atoms with Gasteiger partial charge in [-0.05, 0) is 55.2 Å². The van der Waals surface area contributed by atoms with E-state index in [4.69, 9.17) is 16.3 Å². The molecule has 0 bridgehead atoms. The van der Waals surface area contributed by atoms with Crippen molar-refractivity contribution in [2.75, 3.05) is 11.9 Å². The van der Waals surface area contributed by atoms with Crippen molar-refractivity contribution in [3.8, 4) is 0 Å². The van der Waals surface area contributed by atoms with Crippen molar-refractivity contribution in [2.24, 2.45) is 11.3 Å². The van der Waals surface area contributed by atoms with Gasteiger partial charge < -0.3 is 10.1 Å². The number of rotatable bonds is 4. The van der Waals surface area contributed by atoms with Gasteiger partial charge in [0.15, 0.2) is 0 Å². The van der Waals surface area contributed by atoms with E-state index in [1.165, 1.54) is 29.5 Å². The third kappa shape index (κ3) is 4.48. The molecule has 1 heterocycles. The standard InChI is InChI=1S/C22H25ClFNO3S/c1-5-28-21(27)17-13-10-9-12(22(2,3)4)11-16(13)29-20(17)25-19(26)18-14(23)7-6-8-15(18)24/h6-8,12H,5,9-11H2,1-4H3,(H,25,26). The van der Waals surface area contributed by atoms with Gasteiger partial charge in [-0.1, -0.05) is 38.4 Å². The number of carbonyl (C=O) groups excluding carboxylic acids is 2. The number of carbonyl (C=O) groups is 2. The normalized spacial score (nSPS) is 16.3. The Hall–Kier alpha value is -1.92. The molecule has 2 aromatic rings. The SMILES string of the molecule is CCOC(=O)c1c(NC(=O)c2c(F)cccc2Cl)sc2c1CCC(C(C)(C)C)C2. The molecule has 1 aliphatic carbocycles. The number of amides is 1. The van der Waals surface area contributed by atoms with Crippen molar-refractivity contribution in [2.45, 2.75) is 47.0 Å². The lowest BCUT2D eigenvalue weighted by molar-refractivity contribution is 0.0526. The van der Waals surface area contributed by atoms with Gasteiger partial charge in [0.2, 0.25) is 0 Å². The summed E-state index contributed by atoms with van der Waals surface area (Å²) in [5, 5.41) is 3.13. The smallest absolute Gasteiger partial charge is 0.341 e. The summed E-state index contributed by atoms with van der Waals surface area (Å²) in [6.45, 7) is 8.62. The molecule has 0 saturated carbocycles. The Labute approximate surface area is 179 Å². The molecule has 1 aromatic carbocycles. The molecule has 156 valence electrons. The maximum absolute atomic E-state index is 14.2. The lowest BCUT2D eigenvalue weighted by Crippen LogP contribution is -2.26. The molecule has 1 atom stereocenters. The van der Waals surface area contributed by atoms with Crippen LogP contribution in [0.5, 0.6) is 0 Å². The van der Waals surface area contributed by atoms with E-state index in [2.05, 4.69) is 26.1 Å². The number of halogens is 2. The highest BCUT2D eigenvalue weighted by atomic mass is 35.5. The number of ether oxygens (including phenoxy) is 1. The van der Waals surface area contributed by atoms with Crippen molar-refractivity contribution in [1.29, 1.82) is 0 Å². The number of thiophene rings is 1. The fraction of sp³-hybridized carbons (Fsp3) is 0.455. The molecule has 0 fully saturated rings. The molecule has 1 unspecified atom stereocenters. The summed E-state index contributed by atoms with van der Waals surface area (Å²) in [6, 6.07) is 4.08. The van der Waals surface area contributed by atoms with Crippen LogP contribution in [0.15, 0.2) is 18.2 Å². The topological polar surface area (TPSA) is 55.4 Å². The number of fused-ring (bicyclic) bond motifs is 1. The van der Waals surface area contributed by atoms with E-state index in [1.807, 2.05) is 0 Å². The zero-order valence-corrected chi connectivity index (χ0v) is 18.6. The molecule has 0 aliphatic heterocycles. The molecule has 7 heteroatoms. The van der Waals surface area contributed by atoms with Crippen LogP contribution < -0.4 is 5.32 Å². The van der Waals surface area contributed by atoms with Crippen LogP contribution in [0.3, 0.4) is 0 Å². The maximum Gasteiger partial charge on any atom is 0.341 e. The van der Waals surface area contributed by atoms with Crippen molar-refractivity contribution in [1.82, 2.24) is 0 Å². The minimum Gasteiger partial charge on any atom is -0.462 e. The van der Waals surface area contributed by atoms with Gasteiger partial charge in [0, 0.05) is 4.88 Å². The number of nitrogens with one attached hydrogen (secondary N) is 1. The summed E-state index contributed by atoms with van der Waals surface area (Å²) in [6.07, 6.45) is 2.55. The number of hydrogen-bond acceptors (Lipinski definition) is 4. The van der Waals surface area contributed by atoms with Crippen LogP contribution in [0.2, 0.25) is 5.02 Å². The first-order valence-corrected chi connectivity index (χ1v) is 10.9. The Balaban J connectivity index is 1.99. The van der Waals surface area contributed by atoms with Gasteiger partial charge in [-0.15, -0.1) is 11.3 Å². The second-order valence-corrected chi connectivity index (χ2v) is 9.80. The molecule has 1 N–H and O–H groups in total. The molecule has 0 spiro atoms. The lowest BCUT2D eigenvalue weighted by atomic mass is 9.72. The molecule has 4 nitrogen and oxygen atoms in total. The van der Waals surface area contributed by atoms with Crippen LogP contribution in [0.1, 0.15) is 65.3 Å². The van der Waals surface area contributed by atoms with E-state index in [9.17, 15) is 14.0 Å². The van der Waals surface area contributed by atoms with E-state index < -0.39 is 17.7 Å². The fourth-order valence-corrected chi connectivity index (χ4v) is 5.27. The number of benzene rings is 1. The third-order valence-corrected chi connectivity index (χ3v) is 6.87. The Morgan fingerprint density at radius 3 is 2.66 bits per heavy atom. The summed E-state index contributed by atoms with van der Waals surface area (Å²) in [7, 11) is 0. The molecule has 1 aliphatic rings. The second-order valence-electron chi connectivity index (χ2n) is 8.28. The monoisotopic (exact) mass is 437 g/mol. The average molecular weight is 438 g/mol. The molecule has 0 saturated heterocycles. The highest BCUT2D eigenvalue weighted by molar-refractivity contribution is 7.17. The van der Waals surface area contributed by atoms with Crippen molar-refractivity contribution < 1.29 is 18.7 Å². The first kappa shape index (κ1) is 21.8. The molecule has 1 amide bonds. The first-order chi connectivity index (χ1) is 13.6. The van der Waals surface area contributed by atoms with Crippen LogP contribution >= 0.6 is 22.9 Å². The van der Waals surface area contributed by atoms with Crippen LogP contribution in [0.4, 0.5) is 9.39 Å². The summed E-state index contributed by atoms with van der Waals surface area (Å²) >= 11 is 7.40.